The van der Waals surface area contributed by atoms with Gasteiger partial charge in [0, 0.05) is 10.7 Å². The van der Waals surface area contributed by atoms with Gasteiger partial charge in [-0.25, -0.2) is 9.78 Å². The van der Waals surface area contributed by atoms with Crippen molar-refractivity contribution in [3.8, 4) is 11.5 Å². The average Bonchev–Trinajstić information content (AvgIpc) is 2.44. The van der Waals surface area contributed by atoms with Crippen LogP contribution in [0.25, 0.3) is 0 Å². The van der Waals surface area contributed by atoms with Crippen LogP contribution in [0.3, 0.4) is 0 Å². The van der Waals surface area contributed by atoms with E-state index in [2.05, 4.69) is 20.9 Å². The Labute approximate surface area is 124 Å². The predicted molar refractivity (Wildman–Crippen MR) is 76.3 cm³/mol. The smallest absolute Gasteiger partial charge is 0.358 e. The number of carboxylic acids is 1. The number of hydrogen-bond acceptors (Lipinski definition) is 4. The lowest BCUT2D eigenvalue weighted by Gasteiger charge is -2.09. The number of aromatic carboxylic acids is 1. The third-order valence-corrected chi connectivity index (χ3v) is 2.87. The second kappa shape index (κ2) is 6.91. The van der Waals surface area contributed by atoms with Crippen molar-refractivity contribution < 1.29 is 19.4 Å². The number of halogens is 1. The summed E-state index contributed by atoms with van der Waals surface area (Å²) in [6.45, 7) is 0.545. The zero-order valence-electron chi connectivity index (χ0n) is 10.5. The molecule has 0 aliphatic carbocycles. The summed E-state index contributed by atoms with van der Waals surface area (Å²) in [4.78, 5) is 14.7. The van der Waals surface area contributed by atoms with Crippen LogP contribution in [0.15, 0.2) is 47.1 Å². The molecule has 0 radical (unpaired) electrons. The van der Waals surface area contributed by atoms with E-state index in [0.29, 0.717) is 12.4 Å². The lowest BCUT2D eigenvalue weighted by Crippen LogP contribution is -2.12. The first-order valence-corrected chi connectivity index (χ1v) is 6.65. The molecule has 1 N–H and O–H groups in total. The van der Waals surface area contributed by atoms with Crippen molar-refractivity contribution in [1.29, 1.82) is 0 Å². The SMILES string of the molecule is O=C(O)c1ncccc1OCCOc1cccc(Br)c1. The van der Waals surface area contributed by atoms with E-state index >= 15 is 0 Å². The number of ether oxygens (including phenoxy) is 2. The fourth-order valence-corrected chi connectivity index (χ4v) is 1.91. The normalized spacial score (nSPS) is 10.1. The van der Waals surface area contributed by atoms with E-state index < -0.39 is 5.97 Å². The molecule has 1 aromatic carbocycles. The zero-order chi connectivity index (χ0) is 14.4. The van der Waals surface area contributed by atoms with Crippen molar-refractivity contribution in [3.05, 3.63) is 52.8 Å². The molecule has 0 bridgehead atoms. The first-order chi connectivity index (χ1) is 9.66. The summed E-state index contributed by atoms with van der Waals surface area (Å²) in [5.74, 6) is -0.168. The van der Waals surface area contributed by atoms with Gasteiger partial charge in [-0.2, -0.15) is 0 Å². The van der Waals surface area contributed by atoms with E-state index in [4.69, 9.17) is 14.6 Å². The van der Waals surface area contributed by atoms with Crippen LogP contribution in [0.1, 0.15) is 10.5 Å². The summed E-state index contributed by atoms with van der Waals surface area (Å²) in [6, 6.07) is 10.6. The second-order valence-corrected chi connectivity index (χ2v) is 4.73. The van der Waals surface area contributed by atoms with Crippen LogP contribution >= 0.6 is 15.9 Å². The Morgan fingerprint density at radius 3 is 2.75 bits per heavy atom. The van der Waals surface area contributed by atoms with Gasteiger partial charge < -0.3 is 14.6 Å². The highest BCUT2D eigenvalue weighted by Crippen LogP contribution is 2.18. The summed E-state index contributed by atoms with van der Waals surface area (Å²) in [5, 5.41) is 8.95. The molecule has 1 heterocycles. The maximum Gasteiger partial charge on any atom is 0.358 e. The Bertz CT molecular complexity index is 603. The minimum absolute atomic E-state index is 0.102. The van der Waals surface area contributed by atoms with Gasteiger partial charge in [-0.3, -0.25) is 0 Å². The summed E-state index contributed by atoms with van der Waals surface area (Å²) >= 11 is 3.35. The van der Waals surface area contributed by atoms with Gasteiger partial charge in [-0.1, -0.05) is 22.0 Å². The molecule has 104 valence electrons. The second-order valence-electron chi connectivity index (χ2n) is 3.81. The standard InChI is InChI=1S/C14H12BrNO4/c15-10-3-1-4-11(9-10)19-7-8-20-12-5-2-6-16-13(12)14(17)18/h1-6,9H,7-8H2,(H,17,18). The van der Waals surface area contributed by atoms with Crippen LogP contribution in [0.2, 0.25) is 0 Å². The number of benzene rings is 1. The minimum atomic E-state index is -1.12. The van der Waals surface area contributed by atoms with Crippen molar-refractivity contribution in [2.24, 2.45) is 0 Å². The molecule has 20 heavy (non-hydrogen) atoms. The predicted octanol–water partition coefficient (Wildman–Crippen LogP) is 3.00. The molecule has 0 amide bonds. The number of carbonyl (C=O) groups is 1. The molecule has 0 unspecified atom stereocenters. The number of carboxylic acid groups (broad SMARTS) is 1. The van der Waals surface area contributed by atoms with E-state index in [9.17, 15) is 4.79 Å². The quantitative estimate of drug-likeness (QED) is 0.820. The summed E-state index contributed by atoms with van der Waals surface area (Å²) in [7, 11) is 0. The fraction of sp³-hybridized carbons (Fsp3) is 0.143. The highest BCUT2D eigenvalue weighted by atomic mass is 79.9. The Balaban J connectivity index is 1.86. The molecule has 0 atom stereocenters. The molecule has 6 heteroatoms. The van der Waals surface area contributed by atoms with E-state index in [0.717, 1.165) is 4.47 Å². The third-order valence-electron chi connectivity index (χ3n) is 2.38. The highest BCUT2D eigenvalue weighted by Gasteiger charge is 2.11. The van der Waals surface area contributed by atoms with Crippen molar-refractivity contribution in [2.45, 2.75) is 0 Å². The van der Waals surface area contributed by atoms with Crippen LogP contribution in [0, 0.1) is 0 Å². The molecule has 0 saturated carbocycles. The van der Waals surface area contributed by atoms with E-state index in [1.807, 2.05) is 24.3 Å². The van der Waals surface area contributed by atoms with Gasteiger partial charge in [0.15, 0.2) is 11.4 Å². The molecule has 0 aliphatic rings. The summed E-state index contributed by atoms with van der Waals surface area (Å²) < 4.78 is 11.8. The monoisotopic (exact) mass is 337 g/mol. The number of pyridine rings is 1. The number of hydrogen-bond donors (Lipinski definition) is 1. The Morgan fingerprint density at radius 1 is 1.20 bits per heavy atom. The van der Waals surface area contributed by atoms with Crippen LogP contribution in [-0.2, 0) is 0 Å². The van der Waals surface area contributed by atoms with E-state index in [1.54, 1.807) is 12.1 Å². The molecule has 2 aromatic rings. The number of nitrogens with zero attached hydrogens (tertiary/aromatic N) is 1. The van der Waals surface area contributed by atoms with Gasteiger partial charge in [0.1, 0.15) is 19.0 Å². The van der Waals surface area contributed by atoms with Crippen LogP contribution < -0.4 is 9.47 Å². The maximum absolute atomic E-state index is 10.9. The number of rotatable bonds is 6. The van der Waals surface area contributed by atoms with Gasteiger partial charge in [-0.15, -0.1) is 0 Å². The zero-order valence-corrected chi connectivity index (χ0v) is 12.0. The lowest BCUT2D eigenvalue weighted by atomic mass is 10.3. The summed E-state index contributed by atoms with van der Waals surface area (Å²) in [6.07, 6.45) is 1.41. The van der Waals surface area contributed by atoms with Crippen LogP contribution in [0.5, 0.6) is 11.5 Å². The molecule has 0 saturated heterocycles. The first-order valence-electron chi connectivity index (χ1n) is 5.86. The average molecular weight is 338 g/mol. The topological polar surface area (TPSA) is 68.7 Å². The molecule has 0 spiro atoms. The molecule has 0 aliphatic heterocycles. The maximum atomic E-state index is 10.9. The Kier molecular flexibility index (Phi) is 4.95. The van der Waals surface area contributed by atoms with E-state index in [1.165, 1.54) is 6.20 Å². The van der Waals surface area contributed by atoms with Crippen molar-refractivity contribution >= 4 is 21.9 Å². The molecular formula is C14H12BrNO4. The van der Waals surface area contributed by atoms with Gasteiger partial charge in [0.25, 0.3) is 0 Å². The van der Waals surface area contributed by atoms with Gasteiger partial charge in [0.2, 0.25) is 0 Å². The van der Waals surface area contributed by atoms with Crippen LogP contribution in [0.4, 0.5) is 0 Å². The van der Waals surface area contributed by atoms with Gasteiger partial charge in [-0.05, 0) is 30.3 Å². The van der Waals surface area contributed by atoms with Crippen molar-refractivity contribution in [1.82, 2.24) is 4.98 Å². The fourth-order valence-electron chi connectivity index (χ4n) is 1.54. The number of aromatic nitrogens is 1. The molecule has 1 aromatic heterocycles. The van der Waals surface area contributed by atoms with E-state index in [-0.39, 0.29) is 18.1 Å². The summed E-state index contributed by atoms with van der Waals surface area (Å²) in [5.41, 5.74) is -0.102. The molecule has 2 rings (SSSR count). The van der Waals surface area contributed by atoms with Crippen LogP contribution in [-0.4, -0.2) is 29.3 Å². The Morgan fingerprint density at radius 2 is 2.00 bits per heavy atom. The minimum Gasteiger partial charge on any atom is -0.490 e. The molecule has 0 fully saturated rings. The first kappa shape index (κ1) is 14.3. The van der Waals surface area contributed by atoms with Crippen molar-refractivity contribution in [3.63, 3.8) is 0 Å². The molecule has 5 nitrogen and oxygen atoms in total. The van der Waals surface area contributed by atoms with Gasteiger partial charge in [0.05, 0.1) is 0 Å². The molecular weight excluding hydrogens is 326 g/mol. The lowest BCUT2D eigenvalue weighted by molar-refractivity contribution is 0.0684. The largest absolute Gasteiger partial charge is 0.490 e. The van der Waals surface area contributed by atoms with Gasteiger partial charge >= 0.3 is 5.97 Å². The Hall–Kier alpha value is -2.08. The highest BCUT2D eigenvalue weighted by molar-refractivity contribution is 9.10. The van der Waals surface area contributed by atoms with Crippen molar-refractivity contribution in [2.75, 3.05) is 13.2 Å². The third kappa shape index (κ3) is 3.96.